The van der Waals surface area contributed by atoms with Crippen LogP contribution in [-0.2, 0) is 0 Å². The molecule has 0 spiro atoms. The van der Waals surface area contributed by atoms with Crippen LogP contribution in [0.15, 0.2) is 54.6 Å². The van der Waals surface area contributed by atoms with Crippen LogP contribution in [0.3, 0.4) is 0 Å². The lowest BCUT2D eigenvalue weighted by molar-refractivity contribution is 0.823. The predicted octanol–water partition coefficient (Wildman–Crippen LogP) is 5.20. The van der Waals surface area contributed by atoms with Gasteiger partial charge in [0.25, 0.3) is 0 Å². The van der Waals surface area contributed by atoms with Gasteiger partial charge in [0.05, 0.1) is 0 Å². The summed E-state index contributed by atoms with van der Waals surface area (Å²) in [6, 6.07) is 19.5. The summed E-state index contributed by atoms with van der Waals surface area (Å²) in [7, 11) is 0. The van der Waals surface area contributed by atoms with Crippen LogP contribution < -0.4 is 0 Å². The second-order valence-corrected chi connectivity index (χ2v) is 5.71. The molecule has 2 aromatic carbocycles. The van der Waals surface area contributed by atoms with Crippen LogP contribution in [0.4, 0.5) is 0 Å². The van der Waals surface area contributed by atoms with Gasteiger partial charge in [0, 0.05) is 4.83 Å². The van der Waals surface area contributed by atoms with E-state index in [1.807, 2.05) is 0 Å². The van der Waals surface area contributed by atoms with E-state index in [1.54, 1.807) is 0 Å². The maximum Gasteiger partial charge on any atom is 0.0423 e. The number of halogens is 1. The molecule has 1 unspecified atom stereocenters. The summed E-state index contributed by atoms with van der Waals surface area (Å²) in [5, 5.41) is 0. The molecule has 1 aliphatic rings. The Morgan fingerprint density at radius 2 is 1.41 bits per heavy atom. The number of hydrogen-bond donors (Lipinski definition) is 0. The molecule has 86 valence electrons. The Labute approximate surface area is 111 Å². The van der Waals surface area contributed by atoms with Gasteiger partial charge in [-0.25, -0.2) is 0 Å². The number of benzene rings is 2. The van der Waals surface area contributed by atoms with Crippen molar-refractivity contribution in [3.05, 3.63) is 60.2 Å². The third kappa shape index (κ3) is 2.44. The number of rotatable bonds is 3. The molecule has 0 bridgehead atoms. The Bertz CT molecular complexity index is 483. The summed E-state index contributed by atoms with van der Waals surface area (Å²) in [6.07, 6.45) is 2.74. The van der Waals surface area contributed by atoms with Crippen molar-refractivity contribution in [1.82, 2.24) is 0 Å². The molecule has 1 fully saturated rings. The second kappa shape index (κ2) is 4.66. The molecule has 0 nitrogen and oxygen atoms in total. The van der Waals surface area contributed by atoms with Crippen LogP contribution in [0.5, 0.6) is 0 Å². The van der Waals surface area contributed by atoms with E-state index < -0.39 is 0 Å². The first kappa shape index (κ1) is 11.0. The fraction of sp³-hybridized carbons (Fsp3) is 0.250. The minimum atomic E-state index is 0.548. The largest absolute Gasteiger partial charge is 0.0836 e. The molecule has 0 amide bonds. The van der Waals surface area contributed by atoms with Gasteiger partial charge in [-0.3, -0.25) is 0 Å². The predicted molar refractivity (Wildman–Crippen MR) is 76.3 cm³/mol. The zero-order chi connectivity index (χ0) is 11.7. The Morgan fingerprint density at radius 3 is 2.00 bits per heavy atom. The van der Waals surface area contributed by atoms with Crippen LogP contribution in [-0.4, -0.2) is 0 Å². The van der Waals surface area contributed by atoms with Crippen molar-refractivity contribution in [3.8, 4) is 11.1 Å². The summed E-state index contributed by atoms with van der Waals surface area (Å²) in [5.41, 5.74) is 3.99. The van der Waals surface area contributed by atoms with Gasteiger partial charge >= 0.3 is 0 Å². The van der Waals surface area contributed by atoms with Gasteiger partial charge in [-0.1, -0.05) is 70.5 Å². The lowest BCUT2D eigenvalue weighted by Crippen LogP contribution is -1.91. The fourth-order valence-corrected chi connectivity index (χ4v) is 2.98. The molecule has 0 heterocycles. The van der Waals surface area contributed by atoms with Crippen molar-refractivity contribution in [2.24, 2.45) is 5.92 Å². The van der Waals surface area contributed by atoms with E-state index >= 15 is 0 Å². The van der Waals surface area contributed by atoms with Crippen molar-refractivity contribution in [1.29, 1.82) is 0 Å². The molecule has 0 N–H and O–H groups in total. The van der Waals surface area contributed by atoms with E-state index in [0.717, 1.165) is 5.92 Å². The van der Waals surface area contributed by atoms with Crippen LogP contribution in [0.2, 0.25) is 0 Å². The molecular weight excluding hydrogens is 272 g/mol. The highest BCUT2D eigenvalue weighted by Crippen LogP contribution is 2.46. The lowest BCUT2D eigenvalue weighted by Gasteiger charge is -2.09. The minimum absolute atomic E-state index is 0.548. The van der Waals surface area contributed by atoms with E-state index in [4.69, 9.17) is 0 Å². The third-order valence-electron chi connectivity index (χ3n) is 3.37. The van der Waals surface area contributed by atoms with Crippen molar-refractivity contribution < 1.29 is 0 Å². The van der Waals surface area contributed by atoms with E-state index in [1.165, 1.54) is 29.5 Å². The zero-order valence-corrected chi connectivity index (χ0v) is 11.2. The first-order chi connectivity index (χ1) is 8.34. The van der Waals surface area contributed by atoms with Gasteiger partial charge in [0.15, 0.2) is 0 Å². The molecule has 1 aliphatic carbocycles. The van der Waals surface area contributed by atoms with Crippen molar-refractivity contribution in [2.75, 3.05) is 0 Å². The molecule has 0 aliphatic heterocycles. The quantitative estimate of drug-likeness (QED) is 0.681. The van der Waals surface area contributed by atoms with Gasteiger partial charge in [-0.15, -0.1) is 0 Å². The first-order valence-corrected chi connectivity index (χ1v) is 7.05. The van der Waals surface area contributed by atoms with E-state index in [-0.39, 0.29) is 0 Å². The zero-order valence-electron chi connectivity index (χ0n) is 9.64. The van der Waals surface area contributed by atoms with Crippen LogP contribution in [0, 0.1) is 5.92 Å². The molecular formula is C16H15Br. The van der Waals surface area contributed by atoms with E-state index in [0.29, 0.717) is 4.83 Å². The highest BCUT2D eigenvalue weighted by Gasteiger charge is 2.30. The maximum atomic E-state index is 3.79. The summed E-state index contributed by atoms with van der Waals surface area (Å²) < 4.78 is 0. The van der Waals surface area contributed by atoms with Gasteiger partial charge < -0.3 is 0 Å². The van der Waals surface area contributed by atoms with Crippen molar-refractivity contribution in [3.63, 3.8) is 0 Å². The van der Waals surface area contributed by atoms with Crippen LogP contribution in [0.25, 0.3) is 11.1 Å². The summed E-state index contributed by atoms with van der Waals surface area (Å²) in [4.78, 5) is 0.548. The standard InChI is InChI=1S/C16H15Br/c17-16(15-10-11-15)14-8-6-13(7-9-14)12-4-2-1-3-5-12/h1-9,15-16H,10-11H2. The topological polar surface area (TPSA) is 0 Å². The average Bonchev–Trinajstić information content (AvgIpc) is 3.24. The lowest BCUT2D eigenvalue weighted by atomic mass is 10.0. The molecule has 1 heteroatoms. The number of alkyl halides is 1. The molecule has 0 aromatic heterocycles. The normalized spacial score (nSPS) is 16.8. The van der Waals surface area contributed by atoms with E-state index in [2.05, 4.69) is 70.5 Å². The molecule has 0 saturated heterocycles. The summed E-state index contributed by atoms with van der Waals surface area (Å²) in [5.74, 6) is 0.859. The molecule has 1 atom stereocenters. The minimum Gasteiger partial charge on any atom is -0.0836 e. The second-order valence-electron chi connectivity index (χ2n) is 4.73. The van der Waals surface area contributed by atoms with Crippen LogP contribution >= 0.6 is 15.9 Å². The molecule has 3 rings (SSSR count). The SMILES string of the molecule is BrC(c1ccc(-c2ccccc2)cc1)C1CC1. The number of hydrogen-bond acceptors (Lipinski definition) is 0. The average molecular weight is 287 g/mol. The maximum absolute atomic E-state index is 3.79. The van der Waals surface area contributed by atoms with Gasteiger partial charge in [0.2, 0.25) is 0 Å². The summed E-state index contributed by atoms with van der Waals surface area (Å²) >= 11 is 3.79. The Kier molecular flexibility index (Phi) is 3.02. The Hall–Kier alpha value is -1.08. The molecule has 1 saturated carbocycles. The van der Waals surface area contributed by atoms with Crippen molar-refractivity contribution >= 4 is 15.9 Å². The van der Waals surface area contributed by atoms with Crippen LogP contribution in [0.1, 0.15) is 23.2 Å². The molecule has 17 heavy (non-hydrogen) atoms. The van der Waals surface area contributed by atoms with Gasteiger partial charge in [-0.05, 0) is 35.4 Å². The first-order valence-electron chi connectivity index (χ1n) is 6.14. The smallest absolute Gasteiger partial charge is 0.0423 e. The van der Waals surface area contributed by atoms with Crippen molar-refractivity contribution in [2.45, 2.75) is 17.7 Å². The third-order valence-corrected chi connectivity index (χ3v) is 4.65. The monoisotopic (exact) mass is 286 g/mol. The van der Waals surface area contributed by atoms with Gasteiger partial charge in [-0.2, -0.15) is 0 Å². The fourth-order valence-electron chi connectivity index (χ4n) is 2.15. The van der Waals surface area contributed by atoms with Gasteiger partial charge in [0.1, 0.15) is 0 Å². The summed E-state index contributed by atoms with van der Waals surface area (Å²) in [6.45, 7) is 0. The molecule has 2 aromatic rings. The highest BCUT2D eigenvalue weighted by atomic mass is 79.9. The Morgan fingerprint density at radius 1 is 0.824 bits per heavy atom. The molecule has 0 radical (unpaired) electrons. The Balaban J connectivity index is 1.85. The highest BCUT2D eigenvalue weighted by molar-refractivity contribution is 9.09. The van der Waals surface area contributed by atoms with E-state index in [9.17, 15) is 0 Å².